The van der Waals surface area contributed by atoms with Gasteiger partial charge in [0.15, 0.2) is 0 Å². The van der Waals surface area contributed by atoms with Gasteiger partial charge in [-0.05, 0) is 45.0 Å². The SMILES string of the molecule is CC(C)C(NC1CCN(C)CC1)c1ccc(F)cc1F. The van der Waals surface area contributed by atoms with Gasteiger partial charge in [-0.3, -0.25) is 0 Å². The van der Waals surface area contributed by atoms with Gasteiger partial charge in [0.1, 0.15) is 11.6 Å². The summed E-state index contributed by atoms with van der Waals surface area (Å²) in [5, 5.41) is 3.56. The van der Waals surface area contributed by atoms with Crippen LogP contribution in [0, 0.1) is 17.6 Å². The number of halogens is 2. The van der Waals surface area contributed by atoms with Crippen molar-refractivity contribution in [3.8, 4) is 0 Å². The van der Waals surface area contributed by atoms with Gasteiger partial charge < -0.3 is 10.2 Å². The second kappa shape index (κ2) is 6.64. The fraction of sp³-hybridized carbons (Fsp3) is 0.625. The van der Waals surface area contributed by atoms with Crippen molar-refractivity contribution in [2.45, 2.75) is 38.8 Å². The summed E-state index contributed by atoms with van der Waals surface area (Å²) in [6.45, 7) is 6.26. The van der Waals surface area contributed by atoms with Gasteiger partial charge in [-0.2, -0.15) is 0 Å². The predicted octanol–water partition coefficient (Wildman–Crippen LogP) is 3.35. The first-order valence-electron chi connectivity index (χ1n) is 7.37. The van der Waals surface area contributed by atoms with Crippen LogP contribution in [-0.4, -0.2) is 31.1 Å². The summed E-state index contributed by atoms with van der Waals surface area (Å²) in [4.78, 5) is 2.31. The number of rotatable bonds is 4. The molecule has 0 aliphatic carbocycles. The molecule has 0 aromatic heterocycles. The van der Waals surface area contributed by atoms with Gasteiger partial charge in [-0.25, -0.2) is 8.78 Å². The Bertz CT molecular complexity index is 440. The molecule has 0 amide bonds. The van der Waals surface area contributed by atoms with Crippen LogP contribution < -0.4 is 5.32 Å². The van der Waals surface area contributed by atoms with Gasteiger partial charge in [0, 0.05) is 23.7 Å². The molecule has 0 bridgehead atoms. The first kappa shape index (κ1) is 15.4. The third-order valence-electron chi connectivity index (χ3n) is 4.10. The minimum absolute atomic E-state index is 0.0657. The molecular formula is C16H24F2N2. The highest BCUT2D eigenvalue weighted by Crippen LogP contribution is 2.26. The maximum absolute atomic E-state index is 14.0. The molecule has 1 aliphatic heterocycles. The summed E-state index contributed by atoms with van der Waals surface area (Å²) in [5.74, 6) is -0.716. The normalized spacial score (nSPS) is 19.5. The van der Waals surface area contributed by atoms with Gasteiger partial charge in [0.2, 0.25) is 0 Å². The quantitative estimate of drug-likeness (QED) is 0.911. The van der Waals surface area contributed by atoms with E-state index in [1.54, 1.807) is 6.07 Å². The Morgan fingerprint density at radius 1 is 1.20 bits per heavy atom. The van der Waals surface area contributed by atoms with Gasteiger partial charge >= 0.3 is 0 Å². The van der Waals surface area contributed by atoms with Crippen molar-refractivity contribution >= 4 is 0 Å². The molecule has 0 radical (unpaired) electrons. The van der Waals surface area contributed by atoms with E-state index in [9.17, 15) is 8.78 Å². The Morgan fingerprint density at radius 3 is 2.40 bits per heavy atom. The smallest absolute Gasteiger partial charge is 0.130 e. The van der Waals surface area contributed by atoms with Crippen LogP contribution >= 0.6 is 0 Å². The van der Waals surface area contributed by atoms with Crippen LogP contribution in [0.1, 0.15) is 38.3 Å². The zero-order valence-electron chi connectivity index (χ0n) is 12.5. The largest absolute Gasteiger partial charge is 0.307 e. The average Bonchev–Trinajstić information content (AvgIpc) is 2.39. The molecule has 0 spiro atoms. The van der Waals surface area contributed by atoms with Crippen molar-refractivity contribution in [3.05, 3.63) is 35.4 Å². The highest BCUT2D eigenvalue weighted by Gasteiger charge is 2.25. The number of likely N-dealkylation sites (tertiary alicyclic amines) is 1. The monoisotopic (exact) mass is 282 g/mol. The molecule has 20 heavy (non-hydrogen) atoms. The lowest BCUT2D eigenvalue weighted by molar-refractivity contribution is 0.213. The molecule has 1 unspecified atom stereocenters. The van der Waals surface area contributed by atoms with Crippen molar-refractivity contribution in [2.75, 3.05) is 20.1 Å². The molecule has 1 fully saturated rings. The molecule has 1 aliphatic rings. The summed E-state index contributed by atoms with van der Waals surface area (Å²) in [5.41, 5.74) is 0.570. The molecule has 2 rings (SSSR count). The third kappa shape index (κ3) is 3.76. The summed E-state index contributed by atoms with van der Waals surface area (Å²) < 4.78 is 27.0. The van der Waals surface area contributed by atoms with E-state index in [2.05, 4.69) is 31.1 Å². The zero-order chi connectivity index (χ0) is 14.7. The highest BCUT2D eigenvalue weighted by molar-refractivity contribution is 5.23. The third-order valence-corrected chi connectivity index (χ3v) is 4.10. The molecular weight excluding hydrogens is 258 g/mol. The summed E-state index contributed by atoms with van der Waals surface area (Å²) in [6.07, 6.45) is 2.14. The lowest BCUT2D eigenvalue weighted by Crippen LogP contribution is -2.43. The van der Waals surface area contributed by atoms with Gasteiger partial charge in [0.05, 0.1) is 0 Å². The average molecular weight is 282 g/mol. The number of hydrogen-bond acceptors (Lipinski definition) is 2. The molecule has 1 heterocycles. The van der Waals surface area contributed by atoms with E-state index in [4.69, 9.17) is 0 Å². The van der Waals surface area contributed by atoms with Crippen LogP contribution in [0.25, 0.3) is 0 Å². The molecule has 2 nitrogen and oxygen atoms in total. The summed E-state index contributed by atoms with van der Waals surface area (Å²) in [6, 6.07) is 4.22. The van der Waals surface area contributed by atoms with Crippen LogP contribution in [0.3, 0.4) is 0 Å². The Labute approximate surface area is 120 Å². The first-order chi connectivity index (χ1) is 9.47. The fourth-order valence-corrected chi connectivity index (χ4v) is 2.82. The zero-order valence-corrected chi connectivity index (χ0v) is 12.5. The van der Waals surface area contributed by atoms with Crippen molar-refractivity contribution in [1.82, 2.24) is 10.2 Å². The van der Waals surface area contributed by atoms with Crippen molar-refractivity contribution < 1.29 is 8.78 Å². The highest BCUT2D eigenvalue weighted by atomic mass is 19.1. The molecule has 1 saturated heterocycles. The van der Waals surface area contributed by atoms with Crippen molar-refractivity contribution in [1.29, 1.82) is 0 Å². The lowest BCUT2D eigenvalue weighted by atomic mass is 9.93. The topological polar surface area (TPSA) is 15.3 Å². The van der Waals surface area contributed by atoms with E-state index in [-0.39, 0.29) is 12.0 Å². The second-order valence-electron chi connectivity index (χ2n) is 6.13. The number of hydrogen-bond donors (Lipinski definition) is 1. The van der Waals surface area contributed by atoms with E-state index >= 15 is 0 Å². The summed E-state index contributed by atoms with van der Waals surface area (Å²) in [7, 11) is 2.12. The van der Waals surface area contributed by atoms with E-state index in [0.29, 0.717) is 11.6 Å². The van der Waals surface area contributed by atoms with E-state index in [1.807, 2.05) is 0 Å². The molecule has 1 atom stereocenters. The number of nitrogens with zero attached hydrogens (tertiary/aromatic N) is 1. The number of piperidine rings is 1. The minimum atomic E-state index is -0.520. The molecule has 0 saturated carbocycles. The molecule has 112 valence electrons. The van der Waals surface area contributed by atoms with Gasteiger partial charge in [-0.15, -0.1) is 0 Å². The first-order valence-corrected chi connectivity index (χ1v) is 7.37. The number of benzene rings is 1. The maximum atomic E-state index is 14.0. The fourth-order valence-electron chi connectivity index (χ4n) is 2.82. The van der Waals surface area contributed by atoms with Crippen LogP contribution in [0.15, 0.2) is 18.2 Å². The van der Waals surface area contributed by atoms with Crippen LogP contribution in [0.2, 0.25) is 0 Å². The second-order valence-corrected chi connectivity index (χ2v) is 6.13. The van der Waals surface area contributed by atoms with Crippen LogP contribution in [0.4, 0.5) is 8.78 Å². The van der Waals surface area contributed by atoms with Crippen LogP contribution in [-0.2, 0) is 0 Å². The van der Waals surface area contributed by atoms with E-state index < -0.39 is 11.6 Å². The Kier molecular flexibility index (Phi) is 5.11. The minimum Gasteiger partial charge on any atom is -0.307 e. The van der Waals surface area contributed by atoms with E-state index in [0.717, 1.165) is 32.0 Å². The number of nitrogens with one attached hydrogen (secondary N) is 1. The van der Waals surface area contributed by atoms with Crippen LogP contribution in [0.5, 0.6) is 0 Å². The molecule has 4 heteroatoms. The Hall–Kier alpha value is -1.00. The van der Waals surface area contributed by atoms with Crippen molar-refractivity contribution in [2.24, 2.45) is 5.92 Å². The summed E-state index contributed by atoms with van der Waals surface area (Å²) >= 11 is 0. The predicted molar refractivity (Wildman–Crippen MR) is 77.6 cm³/mol. The Morgan fingerprint density at radius 2 is 1.85 bits per heavy atom. The van der Waals surface area contributed by atoms with Crippen molar-refractivity contribution in [3.63, 3.8) is 0 Å². The van der Waals surface area contributed by atoms with Gasteiger partial charge in [0.25, 0.3) is 0 Å². The molecule has 1 aromatic carbocycles. The van der Waals surface area contributed by atoms with E-state index in [1.165, 1.54) is 6.07 Å². The standard InChI is InChI=1S/C16H24F2N2/c1-11(2)16(14-5-4-12(17)10-15(14)18)19-13-6-8-20(3)9-7-13/h4-5,10-11,13,16,19H,6-9H2,1-3H3. The van der Waals surface area contributed by atoms with Gasteiger partial charge in [-0.1, -0.05) is 19.9 Å². The molecule has 1 N–H and O–H groups in total. The lowest BCUT2D eigenvalue weighted by Gasteiger charge is -2.34. The molecule has 1 aromatic rings. The maximum Gasteiger partial charge on any atom is 0.130 e. The Balaban J connectivity index is 2.11.